The Morgan fingerprint density at radius 2 is 0.737 bits per heavy atom. The summed E-state index contributed by atoms with van der Waals surface area (Å²) in [7, 11) is 0. The van der Waals surface area contributed by atoms with Gasteiger partial charge in [0, 0.05) is 50.7 Å². The molecule has 0 aliphatic heterocycles. The van der Waals surface area contributed by atoms with Crippen molar-refractivity contribution in [2.45, 2.75) is 132 Å². The second-order valence-corrected chi connectivity index (χ2v) is 23.7. The second-order valence-electron chi connectivity index (χ2n) is 23.0. The zero-order valence-electron chi connectivity index (χ0n) is 55.0. The van der Waals surface area contributed by atoms with Crippen LogP contribution in [0.15, 0.2) is 121 Å². The van der Waals surface area contributed by atoms with E-state index in [1.165, 1.54) is 13.8 Å². The smallest absolute Gasteiger partial charge is 0.245 e. The second kappa shape index (κ2) is 43.9. The first-order valence-corrected chi connectivity index (χ1v) is 33.2. The van der Waals surface area contributed by atoms with Gasteiger partial charge in [-0.15, -0.1) is 0 Å². The normalized spacial score (nSPS) is 13.8. The highest BCUT2D eigenvalue weighted by atomic mass is 32.1. The third-order valence-electron chi connectivity index (χ3n) is 15.0. The van der Waals surface area contributed by atoms with Gasteiger partial charge in [0.15, 0.2) is 5.96 Å². The average Bonchev–Trinajstić information content (AvgIpc) is 0.883. The summed E-state index contributed by atoms with van der Waals surface area (Å²) in [5.74, 6) is -11.9. The summed E-state index contributed by atoms with van der Waals surface area (Å²) in [5, 5.41) is 51.2. The molecule has 0 saturated carbocycles. The molecule has 4 aromatic rings. The van der Waals surface area contributed by atoms with Crippen LogP contribution in [-0.4, -0.2) is 193 Å². The van der Waals surface area contributed by atoms with Gasteiger partial charge < -0.3 is 91.4 Å². The number of amides is 13. The van der Waals surface area contributed by atoms with Crippen LogP contribution in [0, 0.1) is 5.41 Å². The average molecular weight is 1410 g/mol. The molecule has 0 radical (unpaired) electrons. The molecular formula is C66H91N17O14S2. The minimum atomic E-state index is -1.77. The molecule has 0 aliphatic rings. The molecular weight excluding hydrogens is 1320 g/mol. The van der Waals surface area contributed by atoms with Crippen LogP contribution in [0.1, 0.15) is 68.2 Å². The van der Waals surface area contributed by atoms with E-state index in [9.17, 15) is 67.4 Å². The number of thiol groups is 2. The first-order chi connectivity index (χ1) is 47.3. The van der Waals surface area contributed by atoms with Crippen LogP contribution in [0.2, 0.25) is 0 Å². The van der Waals surface area contributed by atoms with Crippen LogP contribution in [0.4, 0.5) is 0 Å². The van der Waals surface area contributed by atoms with Gasteiger partial charge in [0.25, 0.3) is 0 Å². The minimum absolute atomic E-state index is 0.00470. The highest BCUT2D eigenvalue weighted by molar-refractivity contribution is 7.80. The zero-order valence-corrected chi connectivity index (χ0v) is 56.8. The van der Waals surface area contributed by atoms with E-state index in [4.69, 9.17) is 22.6 Å². The molecule has 4 aromatic carbocycles. The number of aliphatic hydroxyl groups excluding tert-OH is 1. The summed E-state index contributed by atoms with van der Waals surface area (Å²) >= 11 is 8.54. The number of rotatable bonds is 43. The number of hydrogen-bond acceptors (Lipinski definition) is 18. The quantitative estimate of drug-likeness (QED) is 0.00865. The highest BCUT2D eigenvalue weighted by Gasteiger charge is 2.36. The Morgan fingerprint density at radius 3 is 1.11 bits per heavy atom. The molecule has 0 heterocycles. The molecule has 4 rings (SSSR count). The third-order valence-corrected chi connectivity index (χ3v) is 15.7. The van der Waals surface area contributed by atoms with E-state index in [2.05, 4.69) is 94.4 Å². The topological polar surface area (TPSA) is 500 Å². The summed E-state index contributed by atoms with van der Waals surface area (Å²) in [4.78, 5) is 177. The van der Waals surface area contributed by atoms with Crippen molar-refractivity contribution < 1.29 is 67.4 Å². The van der Waals surface area contributed by atoms with Gasteiger partial charge in [0.1, 0.15) is 60.4 Å². The molecule has 31 nitrogen and oxygen atoms in total. The number of nitrogens with one attached hydrogen (secondary N) is 14. The van der Waals surface area contributed by atoms with Gasteiger partial charge >= 0.3 is 0 Å². The van der Waals surface area contributed by atoms with Gasteiger partial charge in [-0.1, -0.05) is 121 Å². The monoisotopic (exact) mass is 1410 g/mol. The third kappa shape index (κ3) is 30.5. The summed E-state index contributed by atoms with van der Waals surface area (Å²) in [6.07, 6.45) is 0.217. The van der Waals surface area contributed by atoms with Gasteiger partial charge in [-0.05, 0) is 67.8 Å². The van der Waals surface area contributed by atoms with Crippen molar-refractivity contribution in [2.24, 2.45) is 17.2 Å². The molecule has 0 fully saturated rings. The summed E-state index contributed by atoms with van der Waals surface area (Å²) in [6.45, 7) is 0.721. The molecule has 0 aromatic heterocycles. The minimum Gasteiger partial charge on any atom is -0.394 e. The Bertz CT molecular complexity index is 3350. The zero-order chi connectivity index (χ0) is 72.8. The summed E-state index contributed by atoms with van der Waals surface area (Å²) < 4.78 is 0. The first kappa shape index (κ1) is 81.3. The van der Waals surface area contributed by atoms with Crippen LogP contribution in [0.25, 0.3) is 0 Å². The number of aliphatic hydroxyl groups is 1. The molecule has 0 unspecified atom stereocenters. The molecule has 33 heteroatoms. The van der Waals surface area contributed by atoms with Gasteiger partial charge in [-0.2, -0.15) is 25.3 Å². The van der Waals surface area contributed by atoms with Crippen molar-refractivity contribution in [3.63, 3.8) is 0 Å². The summed E-state index contributed by atoms with van der Waals surface area (Å²) in [5.41, 5.74) is 19.0. The van der Waals surface area contributed by atoms with E-state index in [0.717, 1.165) is 0 Å². The predicted molar refractivity (Wildman–Crippen MR) is 373 cm³/mol. The lowest BCUT2D eigenvalue weighted by molar-refractivity contribution is -0.136. The largest absolute Gasteiger partial charge is 0.394 e. The van der Waals surface area contributed by atoms with Gasteiger partial charge in [-0.3, -0.25) is 67.7 Å². The number of benzene rings is 4. The molecule has 536 valence electrons. The van der Waals surface area contributed by atoms with Crippen molar-refractivity contribution in [3.05, 3.63) is 144 Å². The van der Waals surface area contributed by atoms with E-state index >= 15 is 0 Å². The molecule has 0 spiro atoms. The molecule has 13 amide bonds. The number of hydrogen-bond donors (Lipinski definition) is 20. The molecule has 10 atom stereocenters. The number of carbonyl (C=O) groups excluding carboxylic acids is 13. The first-order valence-electron chi connectivity index (χ1n) is 31.9. The van der Waals surface area contributed by atoms with Crippen LogP contribution < -0.4 is 86.3 Å². The number of guanidine groups is 1. The standard InChI is InChI=1S/C66H91N17O14S2/c1-39(56(88)82-52(37-98)65(97)78-47(57(89)73-34-54(68)86)30-41-18-7-3-8-19-41)74-63(95)51(36-84)81-59(91)46(27-17-29-71-66(69)70)76-61(93)49(32-43-22-11-5-12-23-43)80-62(94)50(33-44-24-13-6-14-25-44)79-58(90)45(26-15-16-28-67)77-64(96)53(38-99)83-60(92)48(31-42-20-9-4-10-21-42)75-55(87)35-72-40(2)85/h3-14,18-25,39,45-53,84,98-99H,15-17,26-38,67H2,1-2H3,(H2,68,86)(H,72,85)(H,73,89)(H,74,95)(H,75,87)(H,76,93)(H,77,96)(H,78,97)(H,79,90)(H,80,94)(H,81,91)(H,82,88)(H,83,92)(H4,69,70,71)/t39-,45-,46-,47-,48-,49-,50-,51-,52-,53-/m0/s1. The van der Waals surface area contributed by atoms with Crippen molar-refractivity contribution in [2.75, 3.05) is 44.3 Å². The lowest BCUT2D eigenvalue weighted by Crippen LogP contribution is -2.61. The lowest BCUT2D eigenvalue weighted by Gasteiger charge is -2.28. The maximum atomic E-state index is 14.9. The summed E-state index contributed by atoms with van der Waals surface area (Å²) in [6, 6.07) is 20.0. The Kier molecular flexibility index (Phi) is 36.1. The van der Waals surface area contributed by atoms with Gasteiger partial charge in [-0.25, -0.2) is 0 Å². The van der Waals surface area contributed by atoms with Crippen molar-refractivity contribution in [1.29, 1.82) is 5.41 Å². The fraction of sp³-hybridized carbons (Fsp3) is 0.424. The molecule has 99 heavy (non-hydrogen) atoms. The Labute approximate surface area is 584 Å². The fourth-order valence-corrected chi connectivity index (χ4v) is 10.2. The fourth-order valence-electron chi connectivity index (χ4n) is 9.71. The maximum Gasteiger partial charge on any atom is 0.245 e. The van der Waals surface area contributed by atoms with E-state index < -0.39 is 163 Å². The molecule has 0 aliphatic carbocycles. The highest BCUT2D eigenvalue weighted by Crippen LogP contribution is 2.13. The Morgan fingerprint density at radius 1 is 0.404 bits per heavy atom. The van der Waals surface area contributed by atoms with Gasteiger partial charge in [0.2, 0.25) is 76.8 Å². The van der Waals surface area contributed by atoms with Crippen LogP contribution in [0.3, 0.4) is 0 Å². The molecule has 0 bridgehead atoms. The van der Waals surface area contributed by atoms with Crippen LogP contribution >= 0.6 is 25.3 Å². The van der Waals surface area contributed by atoms with E-state index in [0.29, 0.717) is 35.1 Å². The van der Waals surface area contributed by atoms with E-state index in [1.807, 2.05) is 0 Å². The number of nitrogens with two attached hydrogens (primary N) is 3. The van der Waals surface area contributed by atoms with Gasteiger partial charge in [0.05, 0.1) is 19.7 Å². The van der Waals surface area contributed by atoms with E-state index in [1.54, 1.807) is 121 Å². The molecule has 21 N–H and O–H groups in total. The van der Waals surface area contributed by atoms with E-state index in [-0.39, 0.29) is 69.5 Å². The number of unbranched alkanes of at least 4 members (excludes halogenated alkanes) is 1. The number of carbonyl (C=O) groups is 13. The van der Waals surface area contributed by atoms with Crippen molar-refractivity contribution in [1.82, 2.24) is 69.1 Å². The maximum absolute atomic E-state index is 14.9. The Balaban J connectivity index is 1.57. The van der Waals surface area contributed by atoms with Crippen LogP contribution in [-0.2, 0) is 88.0 Å². The Hall–Kier alpha value is -10.1. The SMILES string of the molecule is CC(=O)NCC(=O)N[C@@H](Cc1ccccc1)C(=O)N[C@@H](CS)C(=O)N[C@@H](CCCCN)C(=O)N[C@@H](Cc1ccccc1)C(=O)N[C@@H](Cc1ccccc1)C(=O)N[C@@H](CCCNC(=N)N)C(=O)N[C@@H](CO)C(=O)N[C@@H](C)C(=O)N[C@@H](CS)C(=O)N[C@@H](Cc1ccccc1)C(=O)NCC(N)=O. The number of primary amides is 1. The molecule has 0 saturated heterocycles. The predicted octanol–water partition coefficient (Wildman–Crippen LogP) is -4.19. The van der Waals surface area contributed by atoms with Crippen molar-refractivity contribution >= 4 is 108 Å². The van der Waals surface area contributed by atoms with Crippen molar-refractivity contribution in [3.8, 4) is 0 Å². The van der Waals surface area contributed by atoms with Crippen LogP contribution in [0.5, 0.6) is 0 Å². The lowest BCUT2D eigenvalue weighted by atomic mass is 10.0.